The first kappa shape index (κ1) is 16.4. The van der Waals surface area contributed by atoms with Gasteiger partial charge in [-0.3, -0.25) is 4.79 Å². The molecule has 0 unspecified atom stereocenters. The fraction of sp³-hybridized carbons (Fsp3) is 0.625. The van der Waals surface area contributed by atoms with Crippen LogP contribution in [0.25, 0.3) is 0 Å². The molecule has 0 bridgehead atoms. The Morgan fingerprint density at radius 2 is 1.77 bits per heavy atom. The van der Waals surface area contributed by atoms with Crippen LogP contribution < -0.4 is 0 Å². The van der Waals surface area contributed by atoms with E-state index in [1.807, 2.05) is 39.5 Å². The fourth-order valence-electron chi connectivity index (χ4n) is 2.61. The lowest BCUT2D eigenvalue weighted by atomic mass is 10.1. The lowest BCUT2D eigenvalue weighted by Gasteiger charge is -2.44. The van der Waals surface area contributed by atoms with Gasteiger partial charge in [-0.2, -0.15) is 0 Å². The van der Waals surface area contributed by atoms with Crippen LogP contribution in [0.1, 0.15) is 45.0 Å². The van der Waals surface area contributed by atoms with Crippen molar-refractivity contribution in [1.82, 2.24) is 14.8 Å². The van der Waals surface area contributed by atoms with Gasteiger partial charge in [0.25, 0.3) is 5.91 Å². The highest BCUT2D eigenvalue weighted by molar-refractivity contribution is 5.94. The summed E-state index contributed by atoms with van der Waals surface area (Å²) in [4.78, 5) is 31.2. The Hall–Kier alpha value is -1.98. The van der Waals surface area contributed by atoms with Gasteiger partial charge in [0.15, 0.2) is 0 Å². The van der Waals surface area contributed by atoms with Gasteiger partial charge in [-0.1, -0.05) is 0 Å². The third kappa shape index (κ3) is 3.61. The van der Waals surface area contributed by atoms with Gasteiger partial charge >= 0.3 is 6.09 Å². The Morgan fingerprint density at radius 3 is 2.32 bits per heavy atom. The molecule has 1 aromatic heterocycles. The van der Waals surface area contributed by atoms with Crippen LogP contribution in [-0.4, -0.2) is 57.6 Å². The highest BCUT2D eigenvalue weighted by Crippen LogP contribution is 2.20. The molecule has 1 N–H and O–H groups in total. The summed E-state index contributed by atoms with van der Waals surface area (Å²) >= 11 is 0. The fourth-order valence-corrected chi connectivity index (χ4v) is 2.61. The molecule has 1 saturated heterocycles. The molecule has 2 rings (SSSR count). The van der Waals surface area contributed by atoms with Gasteiger partial charge in [0.05, 0.1) is 5.56 Å². The third-order valence-corrected chi connectivity index (χ3v) is 3.72. The number of nitrogens with zero attached hydrogens (tertiary/aromatic N) is 2. The maximum absolute atomic E-state index is 12.5. The van der Waals surface area contributed by atoms with E-state index in [2.05, 4.69) is 4.98 Å². The number of hydrogen-bond donors (Lipinski definition) is 1. The smallest absolute Gasteiger partial charge is 0.410 e. The van der Waals surface area contributed by atoms with Crippen LogP contribution in [0.5, 0.6) is 0 Å². The number of carbonyl (C=O) groups excluding carboxylic acids is 2. The molecule has 0 spiro atoms. The molecule has 22 heavy (non-hydrogen) atoms. The molecule has 1 aliphatic rings. The Balaban J connectivity index is 2.05. The van der Waals surface area contributed by atoms with E-state index in [4.69, 9.17) is 4.74 Å². The Morgan fingerprint density at radius 1 is 1.18 bits per heavy atom. The number of H-pyrrole nitrogens is 1. The number of aromatic nitrogens is 1. The van der Waals surface area contributed by atoms with Gasteiger partial charge < -0.3 is 19.5 Å². The number of ether oxygens (including phenoxy) is 1. The second-order valence-electron chi connectivity index (χ2n) is 6.89. The number of nitrogens with one attached hydrogen (secondary N) is 1. The van der Waals surface area contributed by atoms with Crippen LogP contribution in [0, 0.1) is 0 Å². The van der Waals surface area contributed by atoms with Crippen LogP contribution in [-0.2, 0) is 4.74 Å². The summed E-state index contributed by atoms with van der Waals surface area (Å²) < 4.78 is 5.44. The third-order valence-electron chi connectivity index (χ3n) is 3.72. The first-order valence-electron chi connectivity index (χ1n) is 7.62. The summed E-state index contributed by atoms with van der Waals surface area (Å²) in [5.74, 6) is -0.00978. The van der Waals surface area contributed by atoms with Crippen LogP contribution in [0.3, 0.4) is 0 Å². The molecule has 6 nitrogen and oxygen atoms in total. The summed E-state index contributed by atoms with van der Waals surface area (Å²) in [6, 6.07) is 1.64. The molecular formula is C16H25N3O3. The van der Waals surface area contributed by atoms with Crippen molar-refractivity contribution in [3.8, 4) is 0 Å². The molecule has 1 fully saturated rings. The highest BCUT2D eigenvalue weighted by atomic mass is 16.6. The van der Waals surface area contributed by atoms with E-state index < -0.39 is 5.60 Å². The van der Waals surface area contributed by atoms with Gasteiger partial charge in [0, 0.05) is 37.6 Å². The first-order valence-corrected chi connectivity index (χ1v) is 7.62. The van der Waals surface area contributed by atoms with Gasteiger partial charge in [-0.05, 0) is 40.7 Å². The summed E-state index contributed by atoms with van der Waals surface area (Å²) in [5, 5.41) is 0. The standard InChI is InChI=1S/C16H25N3O3/c1-11-10-19(15(21)22-16(3,4)5)12(2)9-18(11)14(20)13-6-7-17-8-13/h6-8,11-12,17H,9-10H2,1-5H3/t11-,12+/m0/s1. The summed E-state index contributed by atoms with van der Waals surface area (Å²) in [7, 11) is 0. The Kier molecular flexibility index (Phi) is 4.49. The van der Waals surface area contributed by atoms with Crippen LogP contribution in [0.2, 0.25) is 0 Å². The molecule has 0 saturated carbocycles. The van der Waals surface area contributed by atoms with Crippen molar-refractivity contribution >= 4 is 12.0 Å². The van der Waals surface area contributed by atoms with Gasteiger partial charge in [0.2, 0.25) is 0 Å². The minimum Gasteiger partial charge on any atom is -0.444 e. The number of carbonyl (C=O) groups is 2. The average Bonchev–Trinajstić information content (AvgIpc) is 2.92. The van der Waals surface area contributed by atoms with Crippen LogP contribution >= 0.6 is 0 Å². The molecular weight excluding hydrogens is 282 g/mol. The van der Waals surface area contributed by atoms with E-state index in [9.17, 15) is 9.59 Å². The lowest BCUT2D eigenvalue weighted by Crippen LogP contribution is -2.60. The molecule has 2 heterocycles. The topological polar surface area (TPSA) is 65.6 Å². The highest BCUT2D eigenvalue weighted by Gasteiger charge is 2.36. The van der Waals surface area contributed by atoms with Crippen molar-refractivity contribution in [2.75, 3.05) is 13.1 Å². The normalized spacial score (nSPS) is 22.6. The quantitative estimate of drug-likeness (QED) is 0.867. The van der Waals surface area contributed by atoms with Gasteiger partial charge in [0.1, 0.15) is 5.60 Å². The van der Waals surface area contributed by atoms with Crippen LogP contribution in [0.4, 0.5) is 4.79 Å². The van der Waals surface area contributed by atoms with Gasteiger partial charge in [-0.25, -0.2) is 4.79 Å². The summed E-state index contributed by atoms with van der Waals surface area (Å²) in [5.41, 5.74) is 0.128. The van der Waals surface area contributed by atoms with E-state index in [0.717, 1.165) is 0 Å². The van der Waals surface area contributed by atoms with E-state index in [1.54, 1.807) is 23.4 Å². The summed E-state index contributed by atoms with van der Waals surface area (Å²) in [6.07, 6.45) is 3.11. The Labute approximate surface area is 131 Å². The molecule has 0 radical (unpaired) electrons. The molecule has 122 valence electrons. The largest absolute Gasteiger partial charge is 0.444 e. The number of amides is 2. The minimum absolute atomic E-state index is 0.00978. The van der Waals surface area contributed by atoms with Crippen molar-refractivity contribution in [1.29, 1.82) is 0 Å². The average molecular weight is 307 g/mol. The molecule has 0 aromatic carbocycles. The predicted octanol–water partition coefficient (Wildman–Crippen LogP) is 2.48. The zero-order valence-electron chi connectivity index (χ0n) is 13.9. The van der Waals surface area contributed by atoms with E-state index >= 15 is 0 Å². The van der Waals surface area contributed by atoms with Crippen LogP contribution in [0.15, 0.2) is 18.5 Å². The molecule has 0 aliphatic carbocycles. The molecule has 1 aromatic rings. The van der Waals surface area contributed by atoms with Gasteiger partial charge in [-0.15, -0.1) is 0 Å². The molecule has 2 atom stereocenters. The molecule has 6 heteroatoms. The van der Waals surface area contributed by atoms with E-state index in [0.29, 0.717) is 18.7 Å². The second kappa shape index (κ2) is 6.02. The summed E-state index contributed by atoms with van der Waals surface area (Å²) in [6.45, 7) is 10.4. The molecule has 2 amide bonds. The minimum atomic E-state index is -0.516. The SMILES string of the molecule is C[C@@H]1CN(C(=O)c2cc[nH]c2)[C@@H](C)CN1C(=O)OC(C)(C)C. The van der Waals surface area contributed by atoms with Crippen molar-refractivity contribution < 1.29 is 14.3 Å². The van der Waals surface area contributed by atoms with Crippen molar-refractivity contribution in [3.63, 3.8) is 0 Å². The second-order valence-corrected chi connectivity index (χ2v) is 6.89. The maximum Gasteiger partial charge on any atom is 0.410 e. The first-order chi connectivity index (χ1) is 10.2. The van der Waals surface area contributed by atoms with Crippen molar-refractivity contribution in [2.45, 2.75) is 52.3 Å². The monoisotopic (exact) mass is 307 g/mol. The predicted molar refractivity (Wildman–Crippen MR) is 83.7 cm³/mol. The zero-order chi connectivity index (χ0) is 16.5. The van der Waals surface area contributed by atoms with E-state index in [1.165, 1.54) is 0 Å². The Bertz CT molecular complexity index is 533. The van der Waals surface area contributed by atoms with E-state index in [-0.39, 0.29) is 24.1 Å². The number of piperazine rings is 1. The zero-order valence-corrected chi connectivity index (χ0v) is 13.9. The number of aromatic amines is 1. The van der Waals surface area contributed by atoms with Crippen molar-refractivity contribution in [2.24, 2.45) is 0 Å². The maximum atomic E-state index is 12.5. The number of rotatable bonds is 1. The molecule has 1 aliphatic heterocycles. The van der Waals surface area contributed by atoms with Crippen molar-refractivity contribution in [3.05, 3.63) is 24.0 Å². The number of hydrogen-bond acceptors (Lipinski definition) is 3. The lowest BCUT2D eigenvalue weighted by molar-refractivity contribution is -0.00788.